The number of carbonyl (C=O) groups excluding carboxylic acids is 1. The molecule has 0 amide bonds. The van der Waals surface area contributed by atoms with Crippen LogP contribution in [-0.4, -0.2) is 18.2 Å². The third kappa shape index (κ3) is 4.46. The number of aromatic nitrogens is 1. The summed E-state index contributed by atoms with van der Waals surface area (Å²) >= 11 is 0. The van der Waals surface area contributed by atoms with Crippen molar-refractivity contribution in [1.82, 2.24) is 5.16 Å². The number of ether oxygens (including phenoxy) is 2. The fourth-order valence-corrected chi connectivity index (χ4v) is 2.32. The first-order valence-corrected chi connectivity index (χ1v) is 7.81. The summed E-state index contributed by atoms with van der Waals surface area (Å²) < 4.78 is 53.4. The summed E-state index contributed by atoms with van der Waals surface area (Å²) in [5.74, 6) is 0.270. The Hall–Kier alpha value is -3.29. The van der Waals surface area contributed by atoms with Gasteiger partial charge < -0.3 is 14.0 Å². The average molecular weight is 377 g/mol. The number of carbonyl (C=O) groups is 1. The van der Waals surface area contributed by atoms with Gasteiger partial charge in [-0.1, -0.05) is 11.2 Å². The van der Waals surface area contributed by atoms with Crippen LogP contribution in [0.3, 0.4) is 0 Å². The molecule has 3 rings (SSSR count). The molecule has 1 aromatic heterocycles. The molecule has 0 aliphatic carbocycles. The summed E-state index contributed by atoms with van der Waals surface area (Å²) in [4.78, 5) is 12.0. The summed E-state index contributed by atoms with van der Waals surface area (Å²) in [6.07, 6.45) is -4.53. The Morgan fingerprint density at radius 1 is 1.11 bits per heavy atom. The van der Waals surface area contributed by atoms with Crippen LogP contribution in [0.5, 0.6) is 5.75 Å². The van der Waals surface area contributed by atoms with Crippen LogP contribution in [0, 0.1) is 0 Å². The Morgan fingerprint density at radius 3 is 2.52 bits per heavy atom. The van der Waals surface area contributed by atoms with Crippen LogP contribution in [0.4, 0.5) is 13.2 Å². The van der Waals surface area contributed by atoms with Gasteiger partial charge in [-0.2, -0.15) is 13.2 Å². The predicted molar refractivity (Wildman–Crippen MR) is 89.1 cm³/mol. The lowest BCUT2D eigenvalue weighted by molar-refractivity contribution is -0.137. The summed E-state index contributed by atoms with van der Waals surface area (Å²) in [7, 11) is 1.56. The highest BCUT2D eigenvalue weighted by Crippen LogP contribution is 2.29. The lowest BCUT2D eigenvalue weighted by Crippen LogP contribution is -2.09. The van der Waals surface area contributed by atoms with Crippen molar-refractivity contribution >= 4 is 5.97 Å². The van der Waals surface area contributed by atoms with E-state index in [0.717, 1.165) is 23.8 Å². The normalized spacial score (nSPS) is 11.3. The minimum Gasteiger partial charge on any atom is -0.497 e. The van der Waals surface area contributed by atoms with Crippen LogP contribution in [0.2, 0.25) is 0 Å². The summed E-state index contributed by atoms with van der Waals surface area (Å²) in [5.41, 5.74) is -0.0243. The van der Waals surface area contributed by atoms with Crippen molar-refractivity contribution in [3.05, 3.63) is 71.4 Å². The van der Waals surface area contributed by atoms with E-state index in [-0.39, 0.29) is 12.2 Å². The largest absolute Gasteiger partial charge is 0.497 e. The molecule has 27 heavy (non-hydrogen) atoms. The zero-order valence-electron chi connectivity index (χ0n) is 14.1. The van der Waals surface area contributed by atoms with Crippen molar-refractivity contribution in [2.45, 2.75) is 12.8 Å². The molecule has 5 nitrogen and oxygen atoms in total. The topological polar surface area (TPSA) is 61.6 Å². The van der Waals surface area contributed by atoms with Crippen LogP contribution in [-0.2, 0) is 17.5 Å². The van der Waals surface area contributed by atoms with E-state index in [1.807, 2.05) is 0 Å². The van der Waals surface area contributed by atoms with E-state index in [0.29, 0.717) is 17.2 Å². The average Bonchev–Trinajstić information content (AvgIpc) is 3.14. The van der Waals surface area contributed by atoms with Gasteiger partial charge in [0.2, 0.25) is 0 Å². The third-order valence-electron chi connectivity index (χ3n) is 3.71. The highest BCUT2D eigenvalue weighted by atomic mass is 19.4. The van der Waals surface area contributed by atoms with Gasteiger partial charge in [0.25, 0.3) is 0 Å². The molecule has 0 atom stereocenters. The lowest BCUT2D eigenvalue weighted by Gasteiger charge is -2.08. The van der Waals surface area contributed by atoms with Gasteiger partial charge in [-0.25, -0.2) is 4.79 Å². The molecule has 0 saturated heterocycles. The lowest BCUT2D eigenvalue weighted by atomic mass is 10.1. The number of alkyl halides is 3. The Bertz CT molecular complexity index is 933. The SMILES string of the molecule is COc1ccc(-c2cc(COC(=O)c3cccc(C(F)(F)F)c3)no2)cc1. The van der Waals surface area contributed by atoms with Gasteiger partial charge in [0.15, 0.2) is 5.76 Å². The molecule has 1 heterocycles. The monoisotopic (exact) mass is 377 g/mol. The van der Waals surface area contributed by atoms with Gasteiger partial charge in [0, 0.05) is 11.6 Å². The second-order valence-electron chi connectivity index (χ2n) is 5.57. The van der Waals surface area contributed by atoms with E-state index in [1.165, 1.54) is 6.07 Å². The van der Waals surface area contributed by atoms with Gasteiger partial charge in [-0.05, 0) is 42.5 Å². The molecule has 8 heteroatoms. The Balaban J connectivity index is 1.65. The number of hydrogen-bond acceptors (Lipinski definition) is 5. The van der Waals surface area contributed by atoms with Crippen LogP contribution in [0.1, 0.15) is 21.6 Å². The molecule has 0 spiro atoms. The highest BCUT2D eigenvalue weighted by molar-refractivity contribution is 5.89. The fourth-order valence-electron chi connectivity index (χ4n) is 2.32. The summed E-state index contributed by atoms with van der Waals surface area (Å²) in [6, 6.07) is 12.7. The summed E-state index contributed by atoms with van der Waals surface area (Å²) in [5, 5.41) is 3.79. The van der Waals surface area contributed by atoms with E-state index in [2.05, 4.69) is 5.16 Å². The molecule has 0 radical (unpaired) electrons. The number of rotatable bonds is 5. The number of esters is 1. The van der Waals surface area contributed by atoms with E-state index >= 15 is 0 Å². The van der Waals surface area contributed by atoms with E-state index < -0.39 is 17.7 Å². The quantitative estimate of drug-likeness (QED) is 0.602. The molecule has 0 aliphatic rings. The van der Waals surface area contributed by atoms with Gasteiger partial charge in [0.05, 0.1) is 18.2 Å². The van der Waals surface area contributed by atoms with E-state index in [1.54, 1.807) is 37.4 Å². The molecule has 0 aliphatic heterocycles. The molecule has 0 N–H and O–H groups in total. The number of hydrogen-bond donors (Lipinski definition) is 0. The van der Waals surface area contributed by atoms with Crippen molar-refractivity contribution in [3.8, 4) is 17.1 Å². The molecular weight excluding hydrogens is 363 g/mol. The third-order valence-corrected chi connectivity index (χ3v) is 3.71. The maximum absolute atomic E-state index is 12.7. The summed E-state index contributed by atoms with van der Waals surface area (Å²) in [6.45, 7) is -0.227. The first-order chi connectivity index (χ1) is 12.9. The van der Waals surface area contributed by atoms with Crippen molar-refractivity contribution in [2.75, 3.05) is 7.11 Å². The second-order valence-corrected chi connectivity index (χ2v) is 5.57. The van der Waals surface area contributed by atoms with Crippen LogP contribution >= 0.6 is 0 Å². The van der Waals surface area contributed by atoms with Crippen LogP contribution in [0.25, 0.3) is 11.3 Å². The molecule has 3 aromatic rings. The van der Waals surface area contributed by atoms with Gasteiger partial charge >= 0.3 is 12.1 Å². The maximum atomic E-state index is 12.7. The van der Waals surface area contributed by atoms with Crippen molar-refractivity contribution in [3.63, 3.8) is 0 Å². The van der Waals surface area contributed by atoms with Crippen LogP contribution in [0.15, 0.2) is 59.1 Å². The van der Waals surface area contributed by atoms with Crippen molar-refractivity contribution in [1.29, 1.82) is 0 Å². The zero-order valence-corrected chi connectivity index (χ0v) is 14.1. The molecule has 140 valence electrons. The van der Waals surface area contributed by atoms with Gasteiger partial charge in [-0.3, -0.25) is 0 Å². The van der Waals surface area contributed by atoms with Crippen LogP contribution < -0.4 is 4.74 Å². The van der Waals surface area contributed by atoms with E-state index in [4.69, 9.17) is 14.0 Å². The predicted octanol–water partition coefficient (Wildman–Crippen LogP) is 4.73. The maximum Gasteiger partial charge on any atom is 0.416 e. The Labute approximate surface area is 152 Å². The smallest absolute Gasteiger partial charge is 0.416 e. The number of methoxy groups -OCH3 is 1. The van der Waals surface area contributed by atoms with Crippen molar-refractivity contribution in [2.24, 2.45) is 0 Å². The van der Waals surface area contributed by atoms with E-state index in [9.17, 15) is 18.0 Å². The molecular formula is C19H14F3NO4. The zero-order chi connectivity index (χ0) is 19.4. The minimum absolute atomic E-state index is 0.191. The molecule has 2 aromatic carbocycles. The first kappa shape index (κ1) is 18.5. The standard InChI is InChI=1S/C19H14F3NO4/c1-25-16-7-5-12(6-8-16)17-10-15(23-27-17)11-26-18(24)13-3-2-4-14(9-13)19(20,21)22/h2-10H,11H2,1H3. The number of benzene rings is 2. The van der Waals surface area contributed by atoms with Gasteiger partial charge in [-0.15, -0.1) is 0 Å². The van der Waals surface area contributed by atoms with Crippen molar-refractivity contribution < 1.29 is 32.0 Å². The highest BCUT2D eigenvalue weighted by Gasteiger charge is 2.31. The second kappa shape index (κ2) is 7.53. The molecule has 0 bridgehead atoms. The van der Waals surface area contributed by atoms with Gasteiger partial charge in [0.1, 0.15) is 18.1 Å². The molecule has 0 fully saturated rings. The minimum atomic E-state index is -4.53. The Morgan fingerprint density at radius 2 is 1.85 bits per heavy atom. The number of nitrogens with zero attached hydrogens (tertiary/aromatic N) is 1. The fraction of sp³-hybridized carbons (Fsp3) is 0.158. The molecule has 0 saturated carbocycles. The first-order valence-electron chi connectivity index (χ1n) is 7.81. The Kier molecular flexibility index (Phi) is 5.16. The number of halogens is 3. The molecule has 0 unspecified atom stereocenters.